The quantitative estimate of drug-likeness (QED) is 0.556. The Kier molecular flexibility index (Phi) is 4.50. The number of aliphatic imine (C=N–C) groups is 1. The number of hydrogen-bond acceptors (Lipinski definition) is 2. The molecule has 4 rings (SSSR count). The Balaban J connectivity index is 1.70. The van der Waals surface area contributed by atoms with Crippen molar-refractivity contribution in [3.05, 3.63) is 59.8 Å². The molecule has 2 nitrogen and oxygen atoms in total. The third kappa shape index (κ3) is 3.22. The van der Waals surface area contributed by atoms with Crippen LogP contribution in [0.5, 0.6) is 0 Å². The molecule has 0 aromatic rings. The van der Waals surface area contributed by atoms with E-state index in [9.17, 15) is 0 Å². The SMILES string of the molecule is BrC1C=C([C@@H]2N=C(C3=CCCC=C3)[C@@H]3CC=CC[C@@H]3N2)C=CC1. The first-order chi connectivity index (χ1) is 11.3. The third-order valence-electron chi connectivity index (χ3n) is 5.08. The number of nitrogens with zero attached hydrogens (tertiary/aromatic N) is 1. The van der Waals surface area contributed by atoms with E-state index >= 15 is 0 Å². The zero-order valence-corrected chi connectivity index (χ0v) is 14.9. The van der Waals surface area contributed by atoms with Gasteiger partial charge >= 0.3 is 0 Å². The highest BCUT2D eigenvalue weighted by Gasteiger charge is 2.35. The second-order valence-corrected chi connectivity index (χ2v) is 7.88. The normalized spacial score (nSPS) is 36.1. The molecule has 0 saturated heterocycles. The molecule has 0 aromatic heterocycles. The summed E-state index contributed by atoms with van der Waals surface area (Å²) in [5.74, 6) is 0.512. The van der Waals surface area contributed by atoms with Gasteiger partial charge in [0.2, 0.25) is 0 Å². The van der Waals surface area contributed by atoms with Gasteiger partial charge in [0.1, 0.15) is 6.17 Å². The molecule has 1 N–H and O–H groups in total. The van der Waals surface area contributed by atoms with Gasteiger partial charge in [0, 0.05) is 22.5 Å². The molecule has 1 unspecified atom stereocenters. The Hall–Kier alpha value is -1.19. The Morgan fingerprint density at radius 1 is 1.00 bits per heavy atom. The van der Waals surface area contributed by atoms with Crippen LogP contribution in [0.1, 0.15) is 32.1 Å². The molecule has 0 saturated carbocycles. The molecule has 1 aliphatic heterocycles. The molecule has 0 fully saturated rings. The first kappa shape index (κ1) is 15.3. The molecule has 120 valence electrons. The van der Waals surface area contributed by atoms with Crippen LogP contribution in [0.4, 0.5) is 0 Å². The number of fused-ring (bicyclic) bond motifs is 1. The van der Waals surface area contributed by atoms with E-state index in [1.165, 1.54) is 16.9 Å². The van der Waals surface area contributed by atoms with Crippen molar-refractivity contribution < 1.29 is 0 Å². The molecule has 1 heterocycles. The molecule has 0 aromatic carbocycles. The van der Waals surface area contributed by atoms with Gasteiger partial charge in [0.05, 0.1) is 0 Å². The highest BCUT2D eigenvalue weighted by Crippen LogP contribution is 2.32. The molecular weight excluding hydrogens is 348 g/mol. The summed E-state index contributed by atoms with van der Waals surface area (Å²) >= 11 is 3.72. The monoisotopic (exact) mass is 370 g/mol. The maximum absolute atomic E-state index is 5.16. The van der Waals surface area contributed by atoms with Gasteiger partial charge in [0.25, 0.3) is 0 Å². The fourth-order valence-corrected chi connectivity index (χ4v) is 4.41. The zero-order valence-electron chi connectivity index (χ0n) is 13.3. The molecule has 4 atom stereocenters. The molecule has 0 bridgehead atoms. The first-order valence-electron chi connectivity index (χ1n) is 8.69. The van der Waals surface area contributed by atoms with Crippen LogP contribution in [0, 0.1) is 5.92 Å². The van der Waals surface area contributed by atoms with Gasteiger partial charge in [-0.25, -0.2) is 0 Å². The third-order valence-corrected chi connectivity index (χ3v) is 5.71. The Labute approximate surface area is 147 Å². The summed E-state index contributed by atoms with van der Waals surface area (Å²) in [6.07, 6.45) is 24.0. The predicted molar refractivity (Wildman–Crippen MR) is 101 cm³/mol. The largest absolute Gasteiger partial charge is 0.288 e. The van der Waals surface area contributed by atoms with Crippen molar-refractivity contribution in [1.82, 2.24) is 5.32 Å². The van der Waals surface area contributed by atoms with Crippen LogP contribution in [0.25, 0.3) is 0 Å². The van der Waals surface area contributed by atoms with E-state index in [2.05, 4.69) is 69.9 Å². The van der Waals surface area contributed by atoms with Crippen molar-refractivity contribution in [1.29, 1.82) is 0 Å². The first-order valence-corrected chi connectivity index (χ1v) is 9.61. The van der Waals surface area contributed by atoms with Gasteiger partial charge < -0.3 is 0 Å². The average Bonchev–Trinajstić information content (AvgIpc) is 2.61. The minimum Gasteiger partial charge on any atom is -0.288 e. The minimum atomic E-state index is 0.0885. The summed E-state index contributed by atoms with van der Waals surface area (Å²) in [6.45, 7) is 0. The second kappa shape index (κ2) is 6.74. The lowest BCUT2D eigenvalue weighted by Gasteiger charge is -2.39. The Bertz CT molecular complexity index is 651. The van der Waals surface area contributed by atoms with Gasteiger partial charge in [0.15, 0.2) is 0 Å². The lowest BCUT2D eigenvalue weighted by molar-refractivity contribution is 0.367. The van der Waals surface area contributed by atoms with E-state index in [1.54, 1.807) is 0 Å². The minimum absolute atomic E-state index is 0.0885. The lowest BCUT2D eigenvalue weighted by Crippen LogP contribution is -2.51. The van der Waals surface area contributed by atoms with Crippen molar-refractivity contribution in [2.45, 2.75) is 49.1 Å². The molecule has 23 heavy (non-hydrogen) atoms. The number of nitrogens with one attached hydrogen (secondary N) is 1. The average molecular weight is 371 g/mol. The van der Waals surface area contributed by atoms with Crippen molar-refractivity contribution in [2.75, 3.05) is 0 Å². The molecule has 0 spiro atoms. The number of hydrogen-bond donors (Lipinski definition) is 1. The molecular formula is C20H23BrN2. The summed E-state index contributed by atoms with van der Waals surface area (Å²) in [7, 11) is 0. The van der Waals surface area contributed by atoms with Crippen LogP contribution >= 0.6 is 15.9 Å². The van der Waals surface area contributed by atoms with E-state index in [1.807, 2.05) is 0 Å². The maximum Gasteiger partial charge on any atom is 0.125 e. The number of rotatable bonds is 2. The topological polar surface area (TPSA) is 24.4 Å². The smallest absolute Gasteiger partial charge is 0.125 e. The van der Waals surface area contributed by atoms with Gasteiger partial charge in [-0.2, -0.15) is 0 Å². The van der Waals surface area contributed by atoms with E-state index in [0.717, 1.165) is 32.1 Å². The summed E-state index contributed by atoms with van der Waals surface area (Å²) < 4.78 is 0. The van der Waals surface area contributed by atoms with Crippen LogP contribution in [-0.4, -0.2) is 22.7 Å². The van der Waals surface area contributed by atoms with E-state index in [-0.39, 0.29) is 6.17 Å². The fraction of sp³-hybridized carbons (Fsp3) is 0.450. The number of alkyl halides is 1. The second-order valence-electron chi connectivity index (χ2n) is 6.70. The van der Waals surface area contributed by atoms with Crippen LogP contribution in [0.15, 0.2) is 64.7 Å². The van der Waals surface area contributed by atoms with E-state index in [0.29, 0.717) is 16.8 Å². The van der Waals surface area contributed by atoms with Crippen molar-refractivity contribution in [2.24, 2.45) is 10.9 Å². The van der Waals surface area contributed by atoms with E-state index < -0.39 is 0 Å². The standard InChI is InChI=1S/C20H23BrN2/c21-16-10-6-9-15(13-16)20-22-18-12-5-4-11-17(18)19(23-20)14-7-2-1-3-8-14/h2,4-9,13,16-18,20,22H,1,3,10-12H2/t16?,17-,18+,20+/m1/s1. The molecule has 0 amide bonds. The zero-order chi connectivity index (χ0) is 15.6. The maximum atomic E-state index is 5.16. The summed E-state index contributed by atoms with van der Waals surface area (Å²) in [5, 5.41) is 3.78. The van der Waals surface area contributed by atoms with E-state index in [4.69, 9.17) is 4.99 Å². The lowest BCUT2D eigenvalue weighted by atomic mass is 9.79. The van der Waals surface area contributed by atoms with Gasteiger partial charge in [-0.3, -0.25) is 10.3 Å². The van der Waals surface area contributed by atoms with Crippen LogP contribution in [0.3, 0.4) is 0 Å². The summed E-state index contributed by atoms with van der Waals surface area (Å²) in [4.78, 5) is 5.59. The van der Waals surface area contributed by atoms with Gasteiger partial charge in [-0.15, -0.1) is 0 Å². The predicted octanol–water partition coefficient (Wildman–Crippen LogP) is 4.62. The summed E-state index contributed by atoms with van der Waals surface area (Å²) in [5.41, 5.74) is 3.96. The molecule has 3 heteroatoms. The van der Waals surface area contributed by atoms with Crippen LogP contribution in [-0.2, 0) is 0 Å². The highest BCUT2D eigenvalue weighted by molar-refractivity contribution is 9.09. The fourth-order valence-electron chi connectivity index (χ4n) is 3.89. The molecule has 3 aliphatic carbocycles. The Morgan fingerprint density at radius 2 is 1.91 bits per heavy atom. The number of allylic oxidation sites excluding steroid dienone is 7. The highest BCUT2D eigenvalue weighted by atomic mass is 79.9. The van der Waals surface area contributed by atoms with Crippen molar-refractivity contribution in [3.63, 3.8) is 0 Å². The molecule has 4 aliphatic rings. The van der Waals surface area contributed by atoms with Gasteiger partial charge in [-0.05, 0) is 43.3 Å². The van der Waals surface area contributed by atoms with Crippen LogP contribution < -0.4 is 5.32 Å². The Morgan fingerprint density at radius 3 is 2.74 bits per heavy atom. The van der Waals surface area contributed by atoms with Gasteiger partial charge in [-0.1, -0.05) is 64.5 Å². The van der Waals surface area contributed by atoms with Crippen LogP contribution in [0.2, 0.25) is 0 Å². The number of halogens is 1. The summed E-state index contributed by atoms with van der Waals surface area (Å²) in [6, 6.07) is 0.499. The molecule has 0 radical (unpaired) electrons. The van der Waals surface area contributed by atoms with Crippen molar-refractivity contribution >= 4 is 21.6 Å². The van der Waals surface area contributed by atoms with Crippen molar-refractivity contribution in [3.8, 4) is 0 Å².